The monoisotopic (exact) mass is 1010 g/mol. The number of hydrogen-bond acceptors (Lipinski definition) is 14. The molecular weight excluding hydrogens is 925 g/mol. The van der Waals surface area contributed by atoms with E-state index in [2.05, 4.69) is 5.32 Å². The number of carbonyl (C=O) groups is 2. The zero-order valence-electron chi connectivity index (χ0n) is 44.5. The average Bonchev–Trinajstić information content (AvgIpc) is 3.85. The maximum Gasteiger partial charge on any atom is 0.737 e. The van der Waals surface area contributed by atoms with Crippen molar-refractivity contribution in [2.45, 2.75) is 212 Å². The van der Waals surface area contributed by atoms with Crippen LogP contribution in [0, 0.1) is 37.5 Å². The highest BCUT2D eigenvalue weighted by atomic mass is 19.2. The Hall–Kier alpha value is -3.15. The zero-order chi connectivity index (χ0) is 53.0. The summed E-state index contributed by atoms with van der Waals surface area (Å²) in [6.45, 7) is 16.0. The Morgan fingerprint density at radius 3 is 2.27 bits per heavy atom. The molecule has 3 fully saturated rings. The van der Waals surface area contributed by atoms with Gasteiger partial charge >= 0.3 is 12.9 Å². The van der Waals surface area contributed by atoms with Gasteiger partial charge in [-0.1, -0.05) is 27.7 Å². The highest BCUT2D eigenvalue weighted by Crippen LogP contribution is 2.42. The van der Waals surface area contributed by atoms with Crippen LogP contribution in [-0.2, 0) is 38.0 Å². The summed E-state index contributed by atoms with van der Waals surface area (Å²) in [7, 11) is 5.15. The zero-order valence-corrected chi connectivity index (χ0v) is 44.5. The predicted molar refractivity (Wildman–Crippen MR) is 262 cm³/mol. The molecule has 6 rings (SSSR count). The number of aromatic nitrogens is 1. The number of fused-ring (bicyclic) bond motifs is 2. The van der Waals surface area contributed by atoms with Crippen LogP contribution < -0.4 is 5.32 Å². The van der Waals surface area contributed by atoms with E-state index in [0.29, 0.717) is 29.1 Å². The van der Waals surface area contributed by atoms with Crippen molar-refractivity contribution in [1.29, 1.82) is 0 Å². The van der Waals surface area contributed by atoms with Gasteiger partial charge in [0.1, 0.15) is 30.1 Å². The standard InChI is InChI=1S/C51H83BF2N4O13/c1-16-38-51(12,65)44(61)30(6)41(55-39(59)18-17-34-21-35-22-36-26(2)19-28(4)58(36)52(53,54)57(35)25-34)27(3)23-49(10,64)46(71-48-42(60)37(56(13)14)20-29(5)67-48)31(7)43(32(8)47(63)69-38)70-40-24-50(11,66-15)45(62)33(9)68-40/h19,21-22,25,27,29-33,37-38,40-46,48,60-62,64-65H,16-18,20,23-24H2,1-15H3,(H,55,59)/t27-,29-,30+,31+,32-,33+,37+,38-,40+,41+,42-,43+,44-,45+,46-,48+,49-,50-,51-/m1/s1. The first-order valence-electron chi connectivity index (χ1n) is 25.5. The molecule has 1 amide bonds. The van der Waals surface area contributed by atoms with Crippen LogP contribution in [-0.4, -0.2) is 176 Å². The van der Waals surface area contributed by atoms with Crippen LogP contribution in [0.1, 0.15) is 125 Å². The maximum atomic E-state index is 16.0. The third-order valence-corrected chi connectivity index (χ3v) is 16.4. The largest absolute Gasteiger partial charge is 0.737 e. The molecule has 6 heterocycles. The van der Waals surface area contributed by atoms with E-state index in [1.807, 2.05) is 25.9 Å². The Kier molecular flexibility index (Phi) is 17.4. The summed E-state index contributed by atoms with van der Waals surface area (Å²) in [6, 6.07) is 0.400. The summed E-state index contributed by atoms with van der Waals surface area (Å²) in [5, 5.41) is 63.4. The second kappa shape index (κ2) is 21.6. The lowest BCUT2D eigenvalue weighted by Gasteiger charge is -2.49. The number of methoxy groups -OCH3 is 1. The lowest BCUT2D eigenvalue weighted by molar-refractivity contribution is -0.356. The van der Waals surface area contributed by atoms with Crippen molar-refractivity contribution in [3.63, 3.8) is 0 Å². The van der Waals surface area contributed by atoms with Gasteiger partial charge in [-0.15, -0.1) is 0 Å². The molecule has 3 saturated heterocycles. The van der Waals surface area contributed by atoms with Gasteiger partial charge in [0.15, 0.2) is 18.3 Å². The summed E-state index contributed by atoms with van der Waals surface area (Å²) in [5.74, 6) is -4.91. The third kappa shape index (κ3) is 11.4. The average molecular weight is 1010 g/mol. The number of carbonyl (C=O) groups excluding carboxylic acids is 2. The van der Waals surface area contributed by atoms with E-state index in [1.54, 1.807) is 87.5 Å². The van der Waals surface area contributed by atoms with E-state index in [1.165, 1.54) is 20.2 Å². The van der Waals surface area contributed by atoms with Gasteiger partial charge in [-0.2, -0.15) is 0 Å². The molecule has 20 heteroatoms. The molecule has 5 aliphatic rings. The fourth-order valence-corrected chi connectivity index (χ4v) is 12.2. The van der Waals surface area contributed by atoms with Crippen molar-refractivity contribution in [1.82, 2.24) is 14.7 Å². The molecule has 0 unspecified atom stereocenters. The van der Waals surface area contributed by atoms with E-state index in [0.717, 1.165) is 14.5 Å². The van der Waals surface area contributed by atoms with Gasteiger partial charge in [0.2, 0.25) is 5.91 Å². The van der Waals surface area contributed by atoms with Gasteiger partial charge < -0.3 is 81.8 Å². The topological polar surface area (TPSA) is 214 Å². The number of likely N-dealkylation sites (N-methyl/N-ethyl adjacent to an activating group) is 1. The number of allylic oxidation sites excluding steroid dienone is 2. The summed E-state index contributed by atoms with van der Waals surface area (Å²) in [5.41, 5.74) is -2.59. The molecule has 0 bridgehead atoms. The molecule has 19 atom stereocenters. The molecule has 0 saturated carbocycles. The Balaban J connectivity index is 1.36. The fraction of sp³-hybridized carbons (Fsp3) is 0.784. The van der Waals surface area contributed by atoms with Crippen molar-refractivity contribution >= 4 is 31.1 Å². The highest BCUT2D eigenvalue weighted by Gasteiger charge is 2.55. The van der Waals surface area contributed by atoms with Crippen LogP contribution in [0.25, 0.3) is 6.08 Å². The number of halogens is 2. The van der Waals surface area contributed by atoms with Crippen molar-refractivity contribution in [2.75, 3.05) is 21.2 Å². The molecule has 17 nitrogen and oxygen atoms in total. The van der Waals surface area contributed by atoms with Crippen molar-refractivity contribution in [2.24, 2.45) is 23.7 Å². The molecular formula is C51H83BF2N4O13. The van der Waals surface area contributed by atoms with Gasteiger partial charge in [-0.3, -0.25) is 9.59 Å². The molecule has 6 N–H and O–H groups in total. The minimum atomic E-state index is -4.18. The number of aliphatic hydroxyl groups is 5. The first kappa shape index (κ1) is 57.1. The van der Waals surface area contributed by atoms with Gasteiger partial charge in [0.05, 0.1) is 47.6 Å². The van der Waals surface area contributed by atoms with Crippen LogP contribution in [0.2, 0.25) is 0 Å². The first-order chi connectivity index (χ1) is 32.9. The number of cyclic esters (lactones) is 1. The number of aryl methyl sites for hydroxylation is 2. The van der Waals surface area contributed by atoms with E-state index >= 15 is 8.63 Å². The Bertz CT molecular complexity index is 2190. The third-order valence-electron chi connectivity index (χ3n) is 16.4. The molecule has 1 aromatic heterocycles. The molecule has 5 aliphatic heterocycles. The molecule has 0 radical (unpaired) electrons. The van der Waals surface area contributed by atoms with Gasteiger partial charge in [0, 0.05) is 67.3 Å². The number of nitrogens with one attached hydrogen (secondary N) is 1. The summed E-state index contributed by atoms with van der Waals surface area (Å²) in [4.78, 5) is 30.6. The Morgan fingerprint density at radius 2 is 1.65 bits per heavy atom. The molecule has 0 aromatic carbocycles. The Labute approximate surface area is 418 Å². The number of rotatable bonds is 11. The van der Waals surface area contributed by atoms with Crippen molar-refractivity contribution in [3.05, 3.63) is 40.4 Å². The number of amides is 1. The van der Waals surface area contributed by atoms with E-state index in [9.17, 15) is 35.1 Å². The van der Waals surface area contributed by atoms with Crippen molar-refractivity contribution < 1.29 is 76.7 Å². The molecule has 402 valence electrons. The number of hydrogen-bond donors (Lipinski definition) is 6. The summed E-state index contributed by atoms with van der Waals surface area (Å²) < 4.78 is 71.9. The van der Waals surface area contributed by atoms with E-state index in [-0.39, 0.29) is 44.2 Å². The quantitative estimate of drug-likeness (QED) is 0.136. The molecule has 0 spiro atoms. The summed E-state index contributed by atoms with van der Waals surface area (Å²) in [6.07, 6.45) is -5.64. The lowest BCUT2D eigenvalue weighted by atomic mass is 9.72. The predicted octanol–water partition coefficient (Wildman–Crippen LogP) is 4.20. The van der Waals surface area contributed by atoms with Gasteiger partial charge in [-0.25, -0.2) is 0 Å². The van der Waals surface area contributed by atoms with E-state index in [4.69, 9.17) is 28.4 Å². The Morgan fingerprint density at radius 1 is 0.986 bits per heavy atom. The van der Waals surface area contributed by atoms with E-state index < -0.39 is 121 Å². The molecule has 0 aliphatic carbocycles. The summed E-state index contributed by atoms with van der Waals surface area (Å²) >= 11 is 0. The van der Waals surface area contributed by atoms with Gasteiger partial charge in [0.25, 0.3) is 0 Å². The minimum Gasteiger partial charge on any atom is -0.459 e. The number of ether oxygens (including phenoxy) is 6. The van der Waals surface area contributed by atoms with Crippen LogP contribution in [0.15, 0.2) is 23.4 Å². The van der Waals surface area contributed by atoms with Crippen LogP contribution in [0.3, 0.4) is 0 Å². The number of aliphatic hydroxyl groups excluding tert-OH is 3. The first-order valence-corrected chi connectivity index (χ1v) is 25.5. The normalized spacial score (nSPS) is 42.3. The SMILES string of the molecule is CC[C@H]1OC(=O)[C@H](C)[C@@H](O[C@H]2C[C@@](C)(OC)[C@@H](O)[C@H](C)O2)[C@H](C)[C@@H](O[C@@H]2O[C@H](C)C[C@H](N(C)C)[C@H]2O)[C@](C)(O)C[C@@H](C)[C@H](NC(=O)CCC2=CC3=Cc4c(C)cc(C)n4[B-](F)(F)[N+]3=C2)[C@H](C)[C@@H](O)[C@]1(C)O. The van der Waals surface area contributed by atoms with Crippen LogP contribution >= 0.6 is 0 Å². The van der Waals surface area contributed by atoms with Gasteiger partial charge in [-0.05, 0) is 118 Å². The second-order valence-electron chi connectivity index (χ2n) is 22.4. The highest BCUT2D eigenvalue weighted by molar-refractivity contribution is 6.57. The fourth-order valence-electron chi connectivity index (χ4n) is 12.2. The van der Waals surface area contributed by atoms with Crippen LogP contribution in [0.4, 0.5) is 8.63 Å². The minimum absolute atomic E-state index is 0.0513. The number of nitrogens with zero attached hydrogens (tertiary/aromatic N) is 3. The van der Waals surface area contributed by atoms with Crippen molar-refractivity contribution in [3.8, 4) is 0 Å². The molecule has 71 heavy (non-hydrogen) atoms. The lowest BCUT2D eigenvalue weighted by Crippen LogP contribution is -2.62. The molecule has 1 aromatic rings. The maximum absolute atomic E-state index is 16.0. The second-order valence-corrected chi connectivity index (χ2v) is 22.4. The smallest absolute Gasteiger partial charge is 0.459 e. The van der Waals surface area contributed by atoms with Crippen LogP contribution in [0.5, 0.6) is 0 Å². The number of esters is 1.